The molecular formula is C21H18ClN5O2. The molecule has 2 aromatic heterocycles. The van der Waals surface area contributed by atoms with Crippen LogP contribution >= 0.6 is 11.6 Å². The van der Waals surface area contributed by atoms with Crippen molar-refractivity contribution in [1.29, 1.82) is 0 Å². The van der Waals surface area contributed by atoms with Gasteiger partial charge >= 0.3 is 0 Å². The van der Waals surface area contributed by atoms with Crippen LogP contribution in [0.25, 0.3) is 0 Å². The first-order chi connectivity index (χ1) is 14.2. The number of rotatable bonds is 7. The van der Waals surface area contributed by atoms with Crippen LogP contribution in [0.5, 0.6) is 5.75 Å². The summed E-state index contributed by atoms with van der Waals surface area (Å²) in [6.45, 7) is 0.736. The minimum atomic E-state index is -0.265. The van der Waals surface area contributed by atoms with Gasteiger partial charge in [0.25, 0.3) is 5.91 Å². The summed E-state index contributed by atoms with van der Waals surface area (Å²) >= 11 is 5.87. The monoisotopic (exact) mass is 407 g/mol. The summed E-state index contributed by atoms with van der Waals surface area (Å²) in [5.74, 6) is 0.376. The van der Waals surface area contributed by atoms with E-state index in [1.54, 1.807) is 42.7 Å². The van der Waals surface area contributed by atoms with Gasteiger partial charge in [-0.25, -0.2) is 4.68 Å². The van der Waals surface area contributed by atoms with E-state index in [-0.39, 0.29) is 12.6 Å². The Morgan fingerprint density at radius 3 is 2.69 bits per heavy atom. The Morgan fingerprint density at radius 1 is 1.03 bits per heavy atom. The number of aromatic nitrogens is 4. The topological polar surface area (TPSA) is 74.0 Å². The van der Waals surface area contributed by atoms with Crippen LogP contribution in [0, 0.1) is 0 Å². The van der Waals surface area contributed by atoms with Gasteiger partial charge in [0.2, 0.25) is 0 Å². The molecule has 0 spiro atoms. The van der Waals surface area contributed by atoms with Crippen LogP contribution in [0.1, 0.15) is 16.1 Å². The van der Waals surface area contributed by atoms with Crippen molar-refractivity contribution >= 4 is 23.2 Å². The smallest absolute Gasteiger partial charge is 0.274 e. The minimum Gasteiger partial charge on any atom is -0.471 e. The van der Waals surface area contributed by atoms with E-state index in [0.717, 1.165) is 5.56 Å². The minimum absolute atomic E-state index is 0.108. The molecule has 0 aliphatic heterocycles. The molecule has 146 valence electrons. The van der Waals surface area contributed by atoms with E-state index in [9.17, 15) is 4.79 Å². The molecule has 4 aromatic rings. The fraction of sp³-hybridized carbons (Fsp3) is 0.0952. The van der Waals surface area contributed by atoms with Gasteiger partial charge in [-0.3, -0.25) is 9.48 Å². The Morgan fingerprint density at radius 2 is 1.90 bits per heavy atom. The van der Waals surface area contributed by atoms with E-state index in [0.29, 0.717) is 28.7 Å². The number of benzene rings is 2. The number of hydrogen-bond donors (Lipinski definition) is 1. The van der Waals surface area contributed by atoms with Gasteiger partial charge in [0.15, 0.2) is 6.73 Å². The number of anilines is 1. The number of hydrogen-bond acceptors (Lipinski definition) is 4. The van der Waals surface area contributed by atoms with Crippen molar-refractivity contribution in [3.8, 4) is 5.75 Å². The molecule has 0 aliphatic rings. The first kappa shape index (κ1) is 18.8. The number of nitrogens with one attached hydrogen (secondary N) is 1. The van der Waals surface area contributed by atoms with Gasteiger partial charge in [-0.1, -0.05) is 23.7 Å². The van der Waals surface area contributed by atoms with Crippen LogP contribution in [0.3, 0.4) is 0 Å². The number of carbonyl (C=O) groups is 1. The van der Waals surface area contributed by atoms with Crippen LogP contribution < -0.4 is 10.1 Å². The van der Waals surface area contributed by atoms with Crippen molar-refractivity contribution in [1.82, 2.24) is 19.6 Å². The summed E-state index contributed by atoms with van der Waals surface area (Å²) in [7, 11) is 0. The molecule has 0 bridgehead atoms. The Kier molecular flexibility index (Phi) is 5.58. The predicted molar refractivity (Wildman–Crippen MR) is 110 cm³/mol. The third-order valence-corrected chi connectivity index (χ3v) is 4.46. The Bertz CT molecular complexity index is 1090. The second-order valence-corrected chi connectivity index (χ2v) is 6.74. The van der Waals surface area contributed by atoms with Gasteiger partial charge < -0.3 is 10.1 Å². The second kappa shape index (κ2) is 8.62. The van der Waals surface area contributed by atoms with Gasteiger partial charge in [0.1, 0.15) is 11.4 Å². The average molecular weight is 408 g/mol. The molecule has 0 aliphatic carbocycles. The quantitative estimate of drug-likeness (QED) is 0.501. The van der Waals surface area contributed by atoms with Gasteiger partial charge in [0.05, 0.1) is 6.54 Å². The molecule has 1 amide bonds. The summed E-state index contributed by atoms with van der Waals surface area (Å²) in [6.07, 6.45) is 5.19. The Hall–Kier alpha value is -3.58. The van der Waals surface area contributed by atoms with Crippen LogP contribution in [0.15, 0.2) is 79.3 Å². The van der Waals surface area contributed by atoms with Gasteiger partial charge in [-0.15, -0.1) is 0 Å². The van der Waals surface area contributed by atoms with E-state index < -0.39 is 0 Å². The van der Waals surface area contributed by atoms with Gasteiger partial charge in [-0.2, -0.15) is 10.2 Å². The van der Waals surface area contributed by atoms with E-state index in [4.69, 9.17) is 16.3 Å². The molecular weight excluding hydrogens is 390 g/mol. The highest BCUT2D eigenvalue weighted by Crippen LogP contribution is 2.17. The van der Waals surface area contributed by atoms with E-state index in [1.165, 1.54) is 4.68 Å². The number of carbonyl (C=O) groups excluding carboxylic acids is 1. The third kappa shape index (κ3) is 4.83. The Labute approximate surface area is 172 Å². The first-order valence-electron chi connectivity index (χ1n) is 8.95. The largest absolute Gasteiger partial charge is 0.471 e. The number of halogens is 1. The highest BCUT2D eigenvalue weighted by molar-refractivity contribution is 6.30. The molecule has 29 heavy (non-hydrogen) atoms. The zero-order valence-electron chi connectivity index (χ0n) is 15.4. The van der Waals surface area contributed by atoms with Crippen molar-refractivity contribution in [2.75, 3.05) is 5.32 Å². The Balaban J connectivity index is 1.41. The highest BCUT2D eigenvalue weighted by Gasteiger charge is 2.13. The van der Waals surface area contributed by atoms with Crippen LogP contribution in [0.2, 0.25) is 5.02 Å². The molecule has 0 unspecified atom stereocenters. The normalized spacial score (nSPS) is 10.7. The highest BCUT2D eigenvalue weighted by atomic mass is 35.5. The molecule has 2 aromatic carbocycles. The molecule has 4 rings (SSSR count). The van der Waals surface area contributed by atoms with E-state index in [1.807, 2.05) is 41.2 Å². The lowest BCUT2D eigenvalue weighted by molar-refractivity contribution is 0.100. The predicted octanol–water partition coefficient (Wildman–Crippen LogP) is 4.07. The summed E-state index contributed by atoms with van der Waals surface area (Å²) in [4.78, 5) is 12.7. The van der Waals surface area contributed by atoms with Crippen LogP contribution in [-0.4, -0.2) is 25.5 Å². The number of ether oxygens (including phenoxy) is 1. The lowest BCUT2D eigenvalue weighted by atomic mass is 10.2. The average Bonchev–Trinajstić information content (AvgIpc) is 3.40. The summed E-state index contributed by atoms with van der Waals surface area (Å²) in [6, 6.07) is 18.2. The lowest BCUT2D eigenvalue weighted by Gasteiger charge is -2.11. The zero-order chi connectivity index (χ0) is 20.1. The maximum absolute atomic E-state index is 12.7. The SMILES string of the molecule is O=C(Nc1cccc(Cn2cccn2)c1)c1ccnn1COc1ccc(Cl)cc1. The first-order valence-corrected chi connectivity index (χ1v) is 9.33. The zero-order valence-corrected chi connectivity index (χ0v) is 16.2. The molecule has 0 saturated heterocycles. The van der Waals surface area contributed by atoms with Crippen molar-refractivity contribution in [3.05, 3.63) is 95.5 Å². The van der Waals surface area contributed by atoms with Gasteiger partial charge in [-0.05, 0) is 54.1 Å². The van der Waals surface area contributed by atoms with Gasteiger partial charge in [0, 0.05) is 29.3 Å². The standard InChI is InChI=1S/C21H18ClN5O2/c22-17-5-7-19(8-6-17)29-15-27-20(9-11-24-27)21(28)25-18-4-1-3-16(13-18)14-26-12-2-10-23-26/h1-13H,14-15H2,(H,25,28). The molecule has 0 atom stereocenters. The molecule has 7 nitrogen and oxygen atoms in total. The van der Waals surface area contributed by atoms with Crippen LogP contribution in [0.4, 0.5) is 5.69 Å². The molecule has 0 radical (unpaired) electrons. The maximum Gasteiger partial charge on any atom is 0.274 e. The molecule has 0 fully saturated rings. The van der Waals surface area contributed by atoms with Crippen molar-refractivity contribution in [2.24, 2.45) is 0 Å². The van der Waals surface area contributed by atoms with Crippen molar-refractivity contribution in [3.63, 3.8) is 0 Å². The second-order valence-electron chi connectivity index (χ2n) is 6.30. The summed E-state index contributed by atoms with van der Waals surface area (Å²) in [5.41, 5.74) is 2.13. The van der Waals surface area contributed by atoms with E-state index in [2.05, 4.69) is 15.5 Å². The van der Waals surface area contributed by atoms with Crippen molar-refractivity contribution in [2.45, 2.75) is 13.3 Å². The molecule has 1 N–H and O–H groups in total. The summed E-state index contributed by atoms with van der Waals surface area (Å²) in [5, 5.41) is 11.9. The maximum atomic E-state index is 12.7. The van der Waals surface area contributed by atoms with E-state index >= 15 is 0 Å². The van der Waals surface area contributed by atoms with Crippen LogP contribution in [-0.2, 0) is 13.3 Å². The lowest BCUT2D eigenvalue weighted by Crippen LogP contribution is -2.19. The number of amides is 1. The number of nitrogens with zero attached hydrogens (tertiary/aromatic N) is 4. The van der Waals surface area contributed by atoms with Crippen molar-refractivity contribution < 1.29 is 9.53 Å². The fourth-order valence-electron chi connectivity index (χ4n) is 2.82. The molecule has 0 saturated carbocycles. The molecule has 2 heterocycles. The summed E-state index contributed by atoms with van der Waals surface area (Å²) < 4.78 is 9.00. The third-order valence-electron chi connectivity index (χ3n) is 4.20. The molecule has 8 heteroatoms. The fourth-order valence-corrected chi connectivity index (χ4v) is 2.94.